The van der Waals surface area contributed by atoms with Crippen LogP contribution in [0.25, 0.3) is 10.9 Å². The van der Waals surface area contributed by atoms with Crippen molar-refractivity contribution in [2.45, 2.75) is 51.6 Å². The lowest BCUT2D eigenvalue weighted by atomic mass is 9.94. The molecule has 2 heterocycles. The van der Waals surface area contributed by atoms with Crippen molar-refractivity contribution < 1.29 is 13.2 Å². The molecular weight excluding hydrogens is 474 g/mol. The second-order valence-corrected chi connectivity index (χ2v) is 12.4. The molecule has 3 aromatic rings. The Hall–Kier alpha value is -2.97. The van der Waals surface area contributed by atoms with Crippen molar-refractivity contribution in [3.05, 3.63) is 76.1 Å². The van der Waals surface area contributed by atoms with Gasteiger partial charge >= 0.3 is 0 Å². The highest BCUT2D eigenvalue weighted by atomic mass is 32.2. The van der Waals surface area contributed by atoms with Crippen LogP contribution in [0.1, 0.15) is 50.0 Å². The van der Waals surface area contributed by atoms with Gasteiger partial charge in [0.05, 0.1) is 10.4 Å². The minimum Gasteiger partial charge on any atom is -0.350 e. The maximum absolute atomic E-state index is 13.6. The monoisotopic (exact) mass is 509 g/mol. The summed E-state index contributed by atoms with van der Waals surface area (Å²) in [4.78, 5) is 28.9. The Labute approximate surface area is 213 Å². The van der Waals surface area contributed by atoms with Crippen molar-refractivity contribution in [2.24, 2.45) is 18.9 Å². The zero-order valence-electron chi connectivity index (χ0n) is 21.6. The number of benzene rings is 2. The van der Waals surface area contributed by atoms with Gasteiger partial charge in [-0.1, -0.05) is 44.2 Å². The zero-order chi connectivity index (χ0) is 26.2. The van der Waals surface area contributed by atoms with Gasteiger partial charge in [-0.2, -0.15) is 4.31 Å². The number of hydrogen-bond acceptors (Lipinski definition) is 4. The number of aromatic nitrogens is 1. The number of pyridine rings is 1. The fourth-order valence-corrected chi connectivity index (χ4v) is 6.87. The Kier molecular flexibility index (Phi) is 7.38. The van der Waals surface area contributed by atoms with Crippen LogP contribution in [0.15, 0.2) is 64.4 Å². The van der Waals surface area contributed by atoms with Gasteiger partial charge in [-0.15, -0.1) is 0 Å². The van der Waals surface area contributed by atoms with E-state index in [4.69, 9.17) is 0 Å². The van der Waals surface area contributed by atoms with Crippen LogP contribution < -0.4 is 5.43 Å². The first kappa shape index (κ1) is 26.1. The van der Waals surface area contributed by atoms with Crippen LogP contribution in [0.3, 0.4) is 0 Å². The second kappa shape index (κ2) is 10.2. The summed E-state index contributed by atoms with van der Waals surface area (Å²) in [5.41, 5.74) is 1.12. The maximum Gasteiger partial charge on any atom is 0.259 e. The van der Waals surface area contributed by atoms with Crippen molar-refractivity contribution in [1.29, 1.82) is 0 Å². The van der Waals surface area contributed by atoms with Gasteiger partial charge < -0.3 is 9.47 Å². The predicted octanol–water partition coefficient (Wildman–Crippen LogP) is 4.26. The van der Waals surface area contributed by atoms with Crippen LogP contribution in [0.2, 0.25) is 0 Å². The number of nitrogens with zero attached hydrogens (tertiary/aromatic N) is 3. The van der Waals surface area contributed by atoms with E-state index in [1.54, 1.807) is 34.8 Å². The van der Waals surface area contributed by atoms with Crippen molar-refractivity contribution >= 4 is 26.8 Å². The van der Waals surface area contributed by atoms with Gasteiger partial charge in [0.1, 0.15) is 5.56 Å². The number of fused-ring (bicyclic) bond motifs is 1. The third-order valence-electron chi connectivity index (χ3n) is 6.94. The lowest BCUT2D eigenvalue weighted by Crippen LogP contribution is -2.42. The average molecular weight is 510 g/mol. The molecule has 2 atom stereocenters. The molecule has 4 rings (SSSR count). The molecule has 8 heteroatoms. The third-order valence-corrected chi connectivity index (χ3v) is 8.77. The molecule has 0 saturated carbocycles. The molecular formula is C28H35N3O4S. The Morgan fingerprint density at radius 1 is 1.06 bits per heavy atom. The first-order valence-electron chi connectivity index (χ1n) is 12.5. The number of carbonyl (C=O) groups excluding carboxylic acids is 1. The largest absolute Gasteiger partial charge is 0.350 e. The molecule has 1 amide bonds. The summed E-state index contributed by atoms with van der Waals surface area (Å²) in [6.07, 6.45) is 2.54. The molecule has 0 bridgehead atoms. The highest BCUT2D eigenvalue weighted by Crippen LogP contribution is 2.28. The molecule has 0 N–H and O–H groups in total. The Morgan fingerprint density at radius 2 is 1.69 bits per heavy atom. The normalized spacial score (nSPS) is 19.1. The van der Waals surface area contributed by atoms with Crippen molar-refractivity contribution in [3.63, 3.8) is 0 Å². The summed E-state index contributed by atoms with van der Waals surface area (Å²) >= 11 is 0. The quantitative estimate of drug-likeness (QED) is 0.498. The van der Waals surface area contributed by atoms with Crippen molar-refractivity contribution in [3.8, 4) is 0 Å². The lowest BCUT2D eigenvalue weighted by molar-refractivity contribution is 0.0688. The van der Waals surface area contributed by atoms with Crippen LogP contribution in [-0.2, 0) is 23.6 Å². The first-order chi connectivity index (χ1) is 17.0. The van der Waals surface area contributed by atoms with E-state index in [1.807, 2.05) is 44.2 Å². The van der Waals surface area contributed by atoms with Gasteiger partial charge in [0.25, 0.3) is 5.91 Å². The summed E-state index contributed by atoms with van der Waals surface area (Å²) in [6, 6.07) is 14.1. The lowest BCUT2D eigenvalue weighted by Gasteiger charge is -2.34. The predicted molar refractivity (Wildman–Crippen MR) is 142 cm³/mol. The van der Waals surface area contributed by atoms with Crippen LogP contribution >= 0.6 is 0 Å². The van der Waals surface area contributed by atoms with E-state index in [0.717, 1.165) is 12.0 Å². The maximum atomic E-state index is 13.6. The Morgan fingerprint density at radius 3 is 2.31 bits per heavy atom. The molecule has 0 spiro atoms. The van der Waals surface area contributed by atoms with Crippen molar-refractivity contribution in [2.75, 3.05) is 13.1 Å². The standard InChI is InChI=1S/C28H35N3O4S/c1-19(2)31(17-22-9-7-6-8-10-22)28(33)25-18-29(5)26-12-11-23(14-24(26)27(25)32)36(34,35)30-15-20(3)13-21(4)16-30/h6-12,14,18-21H,13,15-17H2,1-5H3/t20-,21-/m0/s1. The fraction of sp³-hybridized carbons (Fsp3) is 0.429. The molecule has 1 saturated heterocycles. The molecule has 0 aliphatic carbocycles. The van der Waals surface area contributed by atoms with Gasteiger partial charge in [-0.25, -0.2) is 8.42 Å². The molecule has 7 nitrogen and oxygen atoms in total. The first-order valence-corrected chi connectivity index (χ1v) is 13.9. The summed E-state index contributed by atoms with van der Waals surface area (Å²) < 4.78 is 30.2. The van der Waals surface area contributed by atoms with Crippen LogP contribution in [0.5, 0.6) is 0 Å². The van der Waals surface area contributed by atoms with E-state index >= 15 is 0 Å². The molecule has 1 fully saturated rings. The van der Waals surface area contributed by atoms with Gasteiger partial charge in [-0.3, -0.25) is 9.59 Å². The number of rotatable bonds is 6. The summed E-state index contributed by atoms with van der Waals surface area (Å²) in [6.45, 7) is 9.24. The summed E-state index contributed by atoms with van der Waals surface area (Å²) in [7, 11) is -2.00. The van der Waals surface area contributed by atoms with Crippen LogP contribution in [-0.4, -0.2) is 47.2 Å². The topological polar surface area (TPSA) is 79.7 Å². The molecule has 1 aliphatic heterocycles. The van der Waals surface area contributed by atoms with E-state index < -0.39 is 15.5 Å². The molecule has 36 heavy (non-hydrogen) atoms. The van der Waals surface area contributed by atoms with E-state index in [9.17, 15) is 18.0 Å². The highest BCUT2D eigenvalue weighted by Gasteiger charge is 2.32. The summed E-state index contributed by atoms with van der Waals surface area (Å²) in [5.74, 6) is 0.170. The van der Waals surface area contributed by atoms with Gasteiger partial charge in [0.15, 0.2) is 0 Å². The molecule has 192 valence electrons. The molecule has 0 radical (unpaired) electrons. The number of aryl methyl sites for hydroxylation is 1. The number of amides is 1. The Bertz CT molecular complexity index is 1420. The SMILES string of the molecule is CC(C)N(Cc1ccccc1)C(=O)c1cn(C)c2ccc(S(=O)(=O)N3C[C@@H](C)C[C@H](C)C3)cc2c1=O. The Balaban J connectivity index is 1.76. The van der Waals surface area contributed by atoms with E-state index in [2.05, 4.69) is 13.8 Å². The minimum absolute atomic E-state index is 0.0318. The van der Waals surface area contributed by atoms with Gasteiger partial charge in [0, 0.05) is 44.3 Å². The van der Waals surface area contributed by atoms with E-state index in [0.29, 0.717) is 25.2 Å². The van der Waals surface area contributed by atoms with Gasteiger partial charge in [-0.05, 0) is 55.9 Å². The minimum atomic E-state index is -3.76. The van der Waals surface area contributed by atoms with Gasteiger partial charge in [0.2, 0.25) is 15.5 Å². The highest BCUT2D eigenvalue weighted by molar-refractivity contribution is 7.89. The molecule has 0 unspecified atom stereocenters. The summed E-state index contributed by atoms with van der Waals surface area (Å²) in [5, 5.41) is 0.228. The average Bonchev–Trinajstić information content (AvgIpc) is 2.84. The van der Waals surface area contributed by atoms with E-state index in [-0.39, 0.29) is 39.6 Å². The second-order valence-electron chi connectivity index (χ2n) is 10.4. The molecule has 1 aliphatic rings. The number of carbonyl (C=O) groups is 1. The number of sulfonamides is 1. The number of piperidine rings is 1. The number of hydrogen-bond donors (Lipinski definition) is 0. The van der Waals surface area contributed by atoms with Crippen molar-refractivity contribution in [1.82, 2.24) is 13.8 Å². The molecule has 1 aromatic heterocycles. The smallest absolute Gasteiger partial charge is 0.259 e. The molecule has 2 aromatic carbocycles. The third kappa shape index (κ3) is 5.11. The fourth-order valence-electron chi connectivity index (χ4n) is 5.16. The van der Waals surface area contributed by atoms with Crippen LogP contribution in [0, 0.1) is 11.8 Å². The zero-order valence-corrected chi connectivity index (χ0v) is 22.5. The van der Waals surface area contributed by atoms with Crippen LogP contribution in [0.4, 0.5) is 0 Å². The van der Waals surface area contributed by atoms with E-state index in [1.165, 1.54) is 10.4 Å².